The smallest absolute Gasteiger partial charge is 0.297 e. The van der Waals surface area contributed by atoms with Crippen molar-refractivity contribution in [2.75, 3.05) is 14.7 Å². The van der Waals surface area contributed by atoms with Crippen LogP contribution in [0.25, 0.3) is 11.0 Å². The van der Waals surface area contributed by atoms with Gasteiger partial charge in [0.1, 0.15) is 5.58 Å². The summed E-state index contributed by atoms with van der Waals surface area (Å²) in [4.78, 5) is 7.93. The van der Waals surface area contributed by atoms with Gasteiger partial charge in [-0.1, -0.05) is 152 Å². The zero-order valence-corrected chi connectivity index (χ0v) is 51.1. The molecule has 412 valence electrons. The summed E-state index contributed by atoms with van der Waals surface area (Å²) in [6, 6.07) is 53.0. The van der Waals surface area contributed by atoms with Gasteiger partial charge >= 0.3 is 0 Å². The maximum Gasteiger partial charge on any atom is 0.297 e. The number of furan rings is 1. The molecule has 0 atom stereocenters. The van der Waals surface area contributed by atoms with E-state index in [4.69, 9.17) is 4.42 Å². The van der Waals surface area contributed by atoms with Gasteiger partial charge in [0, 0.05) is 45.2 Å². The van der Waals surface area contributed by atoms with Crippen molar-refractivity contribution in [2.45, 2.75) is 204 Å². The Hall–Kier alpha value is -6.46. The summed E-state index contributed by atoms with van der Waals surface area (Å²) in [7, 11) is 0. The van der Waals surface area contributed by atoms with Crippen LogP contribution in [0.15, 0.2) is 138 Å². The third-order valence-electron chi connectivity index (χ3n) is 23.0. The van der Waals surface area contributed by atoms with Crippen LogP contribution in [0.2, 0.25) is 0 Å². The van der Waals surface area contributed by atoms with Crippen molar-refractivity contribution in [3.63, 3.8) is 0 Å². The lowest BCUT2D eigenvalue weighted by atomic mass is 9.35. The molecular weight excluding hydrogens is 982 g/mol. The van der Waals surface area contributed by atoms with E-state index in [1.807, 2.05) is 0 Å². The zero-order chi connectivity index (χ0) is 56.3. The average Bonchev–Trinajstić information content (AvgIpc) is 4.05. The van der Waals surface area contributed by atoms with Gasteiger partial charge in [0.15, 0.2) is 0 Å². The SMILES string of the molecule is CC1(C)CCC(C)(C)c2cc(N3c4cc5c(cc4B4c6oc7cc8c(cc7c6N(c6ccc7c(c6)C(C)(C)CCC7(C)C)c6cc(N(c7ccccc7)c7ccccc7)cc3c64)C3(C)CCC8(C)CC3)C(C)(C)CCC5(C)C)ccc21. The lowest BCUT2D eigenvalue weighted by Crippen LogP contribution is -2.61. The van der Waals surface area contributed by atoms with Crippen LogP contribution in [0, 0.1) is 0 Å². The van der Waals surface area contributed by atoms with Crippen molar-refractivity contribution >= 4 is 85.5 Å². The number of fused-ring (bicyclic) bond motifs is 11. The quantitative estimate of drug-likeness (QED) is 0.160. The van der Waals surface area contributed by atoms with Crippen molar-refractivity contribution < 1.29 is 4.42 Å². The Balaban J connectivity index is 1.12. The summed E-state index contributed by atoms with van der Waals surface area (Å²) in [5.41, 5.74) is 27.8. The topological polar surface area (TPSA) is 22.9 Å². The molecular formula is C76H84BN3O. The Morgan fingerprint density at radius 1 is 0.370 bits per heavy atom. The number of anilines is 9. The molecule has 0 unspecified atom stereocenters. The Labute approximate surface area is 484 Å². The number of hydrogen-bond donors (Lipinski definition) is 0. The average molecular weight is 1070 g/mol. The molecule has 2 aliphatic heterocycles. The molecule has 4 nitrogen and oxygen atoms in total. The van der Waals surface area contributed by atoms with Gasteiger partial charge in [0.25, 0.3) is 6.71 Å². The first-order valence-electron chi connectivity index (χ1n) is 31.1. The summed E-state index contributed by atoms with van der Waals surface area (Å²) >= 11 is 0. The van der Waals surface area contributed by atoms with Gasteiger partial charge < -0.3 is 19.1 Å². The Morgan fingerprint density at radius 2 is 0.790 bits per heavy atom. The lowest BCUT2D eigenvalue weighted by molar-refractivity contribution is 0.188. The standard InChI is InChI=1S/C76H84BN3O/c1-69(2)29-31-71(5,6)55-39-49(25-27-53(55)69)79-62-45-58-57(73(9,10)33-34-74(58,11)12)44-61(62)77-66-63(79)41-51(78(47-21-17-15-18-22-47)48-23-19-16-20-24-48)42-64(66)80(50-26-28-54-56(40-50)72(7,8)32-30-70(54,3)4)67-52-43-59-60(46-65(52)81-68(67)77)76(14)37-35-75(59,13)36-38-76/h15-28,39-46H,29-38H2,1-14H3. The monoisotopic (exact) mass is 1070 g/mol. The lowest BCUT2D eigenvalue weighted by Gasteiger charge is -2.52. The molecule has 8 aliphatic rings. The molecule has 1 fully saturated rings. The number of rotatable bonds is 5. The largest absolute Gasteiger partial charge is 0.468 e. The molecule has 7 aromatic carbocycles. The van der Waals surface area contributed by atoms with Crippen LogP contribution in [-0.4, -0.2) is 6.71 Å². The highest BCUT2D eigenvalue weighted by Crippen LogP contribution is 2.60. The molecule has 0 saturated heterocycles. The number of hydrogen-bond acceptors (Lipinski definition) is 4. The second-order valence-corrected chi connectivity index (χ2v) is 31.1. The molecule has 0 N–H and O–H groups in total. The van der Waals surface area contributed by atoms with E-state index < -0.39 is 0 Å². The highest BCUT2D eigenvalue weighted by molar-refractivity contribution is 7.00. The maximum atomic E-state index is 7.93. The van der Waals surface area contributed by atoms with Crippen LogP contribution in [-0.2, 0) is 43.3 Å². The molecule has 3 heterocycles. The van der Waals surface area contributed by atoms with Gasteiger partial charge in [-0.2, -0.15) is 0 Å². The molecule has 6 aliphatic carbocycles. The van der Waals surface area contributed by atoms with Gasteiger partial charge in [-0.15, -0.1) is 0 Å². The van der Waals surface area contributed by atoms with Crippen LogP contribution in [0.4, 0.5) is 51.2 Å². The van der Waals surface area contributed by atoms with Crippen molar-refractivity contribution in [1.29, 1.82) is 0 Å². The van der Waals surface area contributed by atoms with Gasteiger partial charge in [-0.3, -0.25) is 0 Å². The molecule has 0 spiro atoms. The van der Waals surface area contributed by atoms with Gasteiger partial charge in [-0.25, -0.2) is 0 Å². The summed E-state index contributed by atoms with van der Waals surface area (Å²) in [5, 5.41) is 1.24. The third-order valence-corrected chi connectivity index (χ3v) is 23.0. The fourth-order valence-corrected chi connectivity index (χ4v) is 17.2. The van der Waals surface area contributed by atoms with Crippen molar-refractivity contribution in [3.05, 3.63) is 178 Å². The molecule has 2 bridgehead atoms. The van der Waals surface area contributed by atoms with E-state index in [0.29, 0.717) is 0 Å². The molecule has 81 heavy (non-hydrogen) atoms. The van der Waals surface area contributed by atoms with E-state index in [-0.39, 0.29) is 50.0 Å². The summed E-state index contributed by atoms with van der Waals surface area (Å²) in [6.07, 6.45) is 11.9. The van der Waals surface area contributed by atoms with E-state index >= 15 is 0 Å². The Bertz CT molecular complexity index is 3910. The number of para-hydroxylation sites is 2. The highest BCUT2D eigenvalue weighted by atomic mass is 16.3. The fourth-order valence-electron chi connectivity index (χ4n) is 17.2. The van der Waals surface area contributed by atoms with E-state index in [0.717, 1.165) is 54.0 Å². The van der Waals surface area contributed by atoms with E-state index in [1.165, 1.54) is 128 Å². The van der Waals surface area contributed by atoms with Crippen LogP contribution in [0.5, 0.6) is 0 Å². The minimum atomic E-state index is -0.178. The van der Waals surface area contributed by atoms with Gasteiger partial charge in [0.05, 0.1) is 17.0 Å². The molecule has 1 saturated carbocycles. The molecule has 0 amide bonds. The van der Waals surface area contributed by atoms with Gasteiger partial charge in [-0.05, 0) is 242 Å². The van der Waals surface area contributed by atoms with Crippen molar-refractivity contribution in [3.8, 4) is 0 Å². The van der Waals surface area contributed by atoms with Gasteiger partial charge in [0.2, 0.25) is 0 Å². The first kappa shape index (κ1) is 51.4. The summed E-state index contributed by atoms with van der Waals surface area (Å²) < 4.78 is 7.93. The molecule has 8 aromatic rings. The van der Waals surface area contributed by atoms with Crippen LogP contribution in [0.3, 0.4) is 0 Å². The maximum absolute atomic E-state index is 7.93. The minimum Gasteiger partial charge on any atom is -0.468 e. The van der Waals surface area contributed by atoms with Crippen molar-refractivity contribution in [1.82, 2.24) is 0 Å². The van der Waals surface area contributed by atoms with Crippen LogP contribution in [0.1, 0.15) is 206 Å². The minimum absolute atomic E-state index is 0.00465. The number of benzene rings is 7. The second kappa shape index (κ2) is 16.6. The molecule has 16 rings (SSSR count). The third kappa shape index (κ3) is 7.34. The Morgan fingerprint density at radius 3 is 1.28 bits per heavy atom. The van der Waals surface area contributed by atoms with Crippen molar-refractivity contribution in [2.24, 2.45) is 0 Å². The Kier molecular flexibility index (Phi) is 10.6. The summed E-state index contributed by atoms with van der Waals surface area (Å²) in [5.74, 6) is 0. The molecule has 1 aromatic heterocycles. The fraction of sp³-hybridized carbons (Fsp3) is 0.421. The first-order valence-corrected chi connectivity index (χ1v) is 31.1. The van der Waals surface area contributed by atoms with E-state index in [9.17, 15) is 0 Å². The molecule has 0 radical (unpaired) electrons. The van der Waals surface area contributed by atoms with E-state index in [2.05, 4.69) is 245 Å². The first-order chi connectivity index (χ1) is 38.3. The highest BCUT2D eigenvalue weighted by Gasteiger charge is 2.53. The number of nitrogens with zero attached hydrogens (tertiary/aromatic N) is 3. The molecule has 5 heteroatoms. The predicted octanol–water partition coefficient (Wildman–Crippen LogP) is 19.1. The predicted molar refractivity (Wildman–Crippen MR) is 344 cm³/mol. The van der Waals surface area contributed by atoms with Crippen LogP contribution >= 0.6 is 0 Å². The van der Waals surface area contributed by atoms with E-state index in [1.54, 1.807) is 5.56 Å². The normalized spacial score (nSPS) is 24.0. The second-order valence-electron chi connectivity index (χ2n) is 31.1. The summed E-state index contributed by atoms with van der Waals surface area (Å²) in [6.45, 7) is 34.7. The zero-order valence-electron chi connectivity index (χ0n) is 51.1. The van der Waals surface area contributed by atoms with Crippen LogP contribution < -0.4 is 31.3 Å².